The lowest BCUT2D eigenvalue weighted by Crippen LogP contribution is -2.34. The molecule has 0 aromatic rings. The first kappa shape index (κ1) is 15.9. The summed E-state index contributed by atoms with van der Waals surface area (Å²) in [5.41, 5.74) is 0. The lowest BCUT2D eigenvalue weighted by molar-refractivity contribution is 0.161. The minimum absolute atomic E-state index is 0.175. The molecule has 0 amide bonds. The minimum atomic E-state index is -0.175. The van der Waals surface area contributed by atoms with Crippen molar-refractivity contribution in [3.8, 4) is 0 Å². The van der Waals surface area contributed by atoms with E-state index in [0.717, 1.165) is 18.9 Å². The Balaban J connectivity index is 3.77. The Hall–Kier alpha value is -0.0800. The maximum atomic E-state index is 9.30. The summed E-state index contributed by atoms with van der Waals surface area (Å²) in [4.78, 5) is 0. The average molecular weight is 229 g/mol. The Labute approximate surface area is 102 Å². The van der Waals surface area contributed by atoms with Crippen molar-refractivity contribution in [1.82, 2.24) is 5.32 Å². The van der Waals surface area contributed by atoms with Crippen LogP contribution in [0, 0.1) is 11.8 Å². The zero-order valence-corrected chi connectivity index (χ0v) is 11.8. The van der Waals surface area contributed by atoms with Gasteiger partial charge in [-0.15, -0.1) is 0 Å². The van der Waals surface area contributed by atoms with E-state index in [4.69, 9.17) is 0 Å². The van der Waals surface area contributed by atoms with Crippen LogP contribution in [0.1, 0.15) is 60.3 Å². The number of hydrogen-bond acceptors (Lipinski definition) is 2. The molecule has 2 heteroatoms. The second-order valence-corrected chi connectivity index (χ2v) is 5.45. The highest BCUT2D eigenvalue weighted by molar-refractivity contribution is 4.70. The van der Waals surface area contributed by atoms with Gasteiger partial charge >= 0.3 is 0 Å². The van der Waals surface area contributed by atoms with Gasteiger partial charge in [-0.2, -0.15) is 0 Å². The molecule has 0 aliphatic heterocycles. The molecule has 0 saturated carbocycles. The van der Waals surface area contributed by atoms with Crippen LogP contribution in [0.15, 0.2) is 0 Å². The second kappa shape index (κ2) is 9.00. The lowest BCUT2D eigenvalue weighted by atomic mass is 9.97. The highest BCUT2D eigenvalue weighted by atomic mass is 16.3. The van der Waals surface area contributed by atoms with Gasteiger partial charge in [0.2, 0.25) is 0 Å². The van der Waals surface area contributed by atoms with Crippen LogP contribution < -0.4 is 5.32 Å². The van der Waals surface area contributed by atoms with E-state index in [0.29, 0.717) is 12.0 Å². The Bertz CT molecular complexity index is 159. The van der Waals surface area contributed by atoms with Gasteiger partial charge in [0.25, 0.3) is 0 Å². The largest absolute Gasteiger partial charge is 0.393 e. The van der Waals surface area contributed by atoms with Crippen LogP contribution in [0.25, 0.3) is 0 Å². The monoisotopic (exact) mass is 229 g/mol. The smallest absolute Gasteiger partial charge is 0.0515 e. The van der Waals surface area contributed by atoms with Crippen molar-refractivity contribution in [3.63, 3.8) is 0 Å². The summed E-state index contributed by atoms with van der Waals surface area (Å²) in [7, 11) is 0. The molecule has 2 N–H and O–H groups in total. The Morgan fingerprint density at radius 2 is 1.56 bits per heavy atom. The predicted molar refractivity (Wildman–Crippen MR) is 71.6 cm³/mol. The zero-order valence-electron chi connectivity index (χ0n) is 11.8. The highest BCUT2D eigenvalue weighted by Gasteiger charge is 2.12. The van der Waals surface area contributed by atoms with Crippen molar-refractivity contribution in [2.45, 2.75) is 72.4 Å². The molecule has 0 aliphatic carbocycles. The van der Waals surface area contributed by atoms with Crippen LogP contribution in [-0.4, -0.2) is 23.8 Å². The minimum Gasteiger partial charge on any atom is -0.393 e. The first-order valence-electron chi connectivity index (χ1n) is 6.90. The molecule has 4 unspecified atom stereocenters. The van der Waals surface area contributed by atoms with E-state index in [1.807, 2.05) is 6.92 Å². The summed E-state index contributed by atoms with van der Waals surface area (Å²) in [6.07, 6.45) is 4.46. The van der Waals surface area contributed by atoms with E-state index >= 15 is 0 Å². The van der Waals surface area contributed by atoms with E-state index in [9.17, 15) is 5.11 Å². The van der Waals surface area contributed by atoms with Gasteiger partial charge in [0.15, 0.2) is 0 Å². The van der Waals surface area contributed by atoms with Gasteiger partial charge in [-0.3, -0.25) is 0 Å². The van der Waals surface area contributed by atoms with E-state index in [-0.39, 0.29) is 6.10 Å². The van der Waals surface area contributed by atoms with Crippen LogP contribution in [-0.2, 0) is 0 Å². The van der Waals surface area contributed by atoms with Crippen molar-refractivity contribution in [2.24, 2.45) is 11.8 Å². The molecule has 0 spiro atoms. The van der Waals surface area contributed by atoms with Gasteiger partial charge in [-0.25, -0.2) is 0 Å². The molecule has 0 rings (SSSR count). The third-order valence-corrected chi connectivity index (χ3v) is 3.38. The highest BCUT2D eigenvalue weighted by Crippen LogP contribution is 2.13. The van der Waals surface area contributed by atoms with Crippen molar-refractivity contribution in [3.05, 3.63) is 0 Å². The summed E-state index contributed by atoms with van der Waals surface area (Å²) in [5, 5.41) is 12.9. The van der Waals surface area contributed by atoms with E-state index < -0.39 is 0 Å². The quantitative estimate of drug-likeness (QED) is 0.636. The number of nitrogens with one attached hydrogen (secondary N) is 1. The van der Waals surface area contributed by atoms with E-state index in [1.54, 1.807) is 0 Å². The molecule has 0 heterocycles. The molecule has 0 aromatic carbocycles. The van der Waals surface area contributed by atoms with Gasteiger partial charge in [0.1, 0.15) is 0 Å². The molecule has 0 saturated heterocycles. The summed E-state index contributed by atoms with van der Waals surface area (Å²) in [6, 6.07) is 0.645. The van der Waals surface area contributed by atoms with Gasteiger partial charge in [-0.05, 0) is 44.6 Å². The fourth-order valence-corrected chi connectivity index (χ4v) is 2.08. The number of rotatable bonds is 9. The van der Waals surface area contributed by atoms with Gasteiger partial charge in [-0.1, -0.05) is 34.1 Å². The zero-order chi connectivity index (χ0) is 12.6. The third kappa shape index (κ3) is 8.12. The Kier molecular flexibility index (Phi) is 8.96. The number of aliphatic hydroxyl groups excluding tert-OH is 1. The molecule has 2 nitrogen and oxygen atoms in total. The van der Waals surface area contributed by atoms with Gasteiger partial charge < -0.3 is 10.4 Å². The molecule has 16 heavy (non-hydrogen) atoms. The van der Waals surface area contributed by atoms with Crippen molar-refractivity contribution < 1.29 is 5.11 Å². The first-order chi connectivity index (χ1) is 7.49. The number of hydrogen-bond donors (Lipinski definition) is 2. The average Bonchev–Trinajstić information content (AvgIpc) is 2.22. The molecular weight excluding hydrogens is 198 g/mol. The molecule has 0 aliphatic rings. The Morgan fingerprint density at radius 3 is 2.00 bits per heavy atom. The maximum Gasteiger partial charge on any atom is 0.0515 e. The van der Waals surface area contributed by atoms with Crippen molar-refractivity contribution in [1.29, 1.82) is 0 Å². The maximum absolute atomic E-state index is 9.30. The SMILES string of the molecule is CCC(C)CC(CC)NCC(C)CC(C)O. The molecule has 0 aromatic heterocycles. The molecule has 0 fully saturated rings. The fourth-order valence-electron chi connectivity index (χ4n) is 2.08. The van der Waals surface area contributed by atoms with Crippen LogP contribution in [0.3, 0.4) is 0 Å². The first-order valence-corrected chi connectivity index (χ1v) is 6.90. The van der Waals surface area contributed by atoms with Gasteiger partial charge in [0, 0.05) is 6.04 Å². The Morgan fingerprint density at radius 1 is 0.938 bits per heavy atom. The summed E-state index contributed by atoms with van der Waals surface area (Å²) < 4.78 is 0. The third-order valence-electron chi connectivity index (χ3n) is 3.38. The lowest BCUT2D eigenvalue weighted by Gasteiger charge is -2.23. The molecule has 0 bridgehead atoms. The molecular formula is C14H31NO. The topological polar surface area (TPSA) is 32.3 Å². The fraction of sp³-hybridized carbons (Fsp3) is 1.00. The van der Waals surface area contributed by atoms with Crippen LogP contribution >= 0.6 is 0 Å². The van der Waals surface area contributed by atoms with Crippen molar-refractivity contribution in [2.75, 3.05) is 6.54 Å². The molecule has 4 atom stereocenters. The number of aliphatic hydroxyl groups is 1. The predicted octanol–water partition coefficient (Wildman–Crippen LogP) is 3.20. The summed E-state index contributed by atoms with van der Waals surface area (Å²) >= 11 is 0. The second-order valence-electron chi connectivity index (χ2n) is 5.45. The molecule has 0 radical (unpaired) electrons. The summed E-state index contributed by atoms with van der Waals surface area (Å²) in [5.74, 6) is 1.37. The van der Waals surface area contributed by atoms with Crippen LogP contribution in [0.4, 0.5) is 0 Å². The van der Waals surface area contributed by atoms with Crippen molar-refractivity contribution >= 4 is 0 Å². The van der Waals surface area contributed by atoms with E-state index in [1.165, 1.54) is 19.3 Å². The normalized spacial score (nSPS) is 19.1. The van der Waals surface area contributed by atoms with Crippen LogP contribution in [0.5, 0.6) is 0 Å². The van der Waals surface area contributed by atoms with Crippen LogP contribution in [0.2, 0.25) is 0 Å². The van der Waals surface area contributed by atoms with Gasteiger partial charge in [0.05, 0.1) is 6.10 Å². The summed E-state index contributed by atoms with van der Waals surface area (Å²) in [6.45, 7) is 11.9. The molecule has 98 valence electrons. The standard InChI is InChI=1S/C14H31NO/c1-6-11(3)9-14(7-2)15-10-12(4)8-13(5)16/h11-16H,6-10H2,1-5H3. The van der Waals surface area contributed by atoms with E-state index in [2.05, 4.69) is 33.0 Å².